The highest BCUT2D eigenvalue weighted by Gasteiger charge is 2.15. The molecule has 4 aromatic rings. The first kappa shape index (κ1) is 19.7. The molecule has 30 heavy (non-hydrogen) atoms. The third-order valence-electron chi connectivity index (χ3n) is 4.77. The number of halogens is 1. The van der Waals surface area contributed by atoms with Crippen LogP contribution < -0.4 is 15.7 Å². The van der Waals surface area contributed by atoms with Gasteiger partial charge in [0.05, 0.1) is 34.8 Å². The molecule has 2 heterocycles. The van der Waals surface area contributed by atoms with Crippen LogP contribution >= 0.6 is 11.6 Å². The summed E-state index contributed by atoms with van der Waals surface area (Å²) in [5.74, 6) is 0.114. The van der Waals surface area contributed by atoms with Gasteiger partial charge >= 0.3 is 5.63 Å². The number of carbonyl (C=O) groups excluding carboxylic acids is 1. The molecule has 0 radical (unpaired) electrons. The molecule has 0 atom stereocenters. The first-order chi connectivity index (χ1) is 14.4. The van der Waals surface area contributed by atoms with Crippen molar-refractivity contribution in [3.8, 4) is 11.4 Å². The van der Waals surface area contributed by atoms with Crippen molar-refractivity contribution in [2.24, 2.45) is 0 Å². The number of aryl methyl sites for hydroxylation is 1. The highest BCUT2D eigenvalue weighted by molar-refractivity contribution is 6.31. The van der Waals surface area contributed by atoms with Crippen LogP contribution in [-0.4, -0.2) is 22.8 Å². The van der Waals surface area contributed by atoms with Crippen LogP contribution in [0.5, 0.6) is 5.75 Å². The summed E-state index contributed by atoms with van der Waals surface area (Å²) in [6, 6.07) is 13.3. The number of anilines is 1. The van der Waals surface area contributed by atoms with Crippen molar-refractivity contribution >= 4 is 34.2 Å². The first-order valence-corrected chi connectivity index (χ1v) is 9.50. The minimum Gasteiger partial charge on any atom is -0.497 e. The fourth-order valence-electron chi connectivity index (χ4n) is 3.22. The van der Waals surface area contributed by atoms with Gasteiger partial charge in [0.1, 0.15) is 11.3 Å². The number of hydrogen-bond acceptors (Lipinski definition) is 5. The molecule has 0 bridgehead atoms. The van der Waals surface area contributed by atoms with Gasteiger partial charge in [0.2, 0.25) is 0 Å². The van der Waals surface area contributed by atoms with Crippen LogP contribution in [0.25, 0.3) is 16.7 Å². The predicted molar refractivity (Wildman–Crippen MR) is 115 cm³/mol. The van der Waals surface area contributed by atoms with E-state index in [4.69, 9.17) is 20.8 Å². The van der Waals surface area contributed by atoms with Gasteiger partial charge in [-0.15, -0.1) is 0 Å². The number of methoxy groups -OCH3 is 1. The second-order valence-corrected chi connectivity index (χ2v) is 7.12. The lowest BCUT2D eigenvalue weighted by atomic mass is 10.1. The van der Waals surface area contributed by atoms with Gasteiger partial charge in [-0.2, -0.15) is 5.10 Å². The summed E-state index contributed by atoms with van der Waals surface area (Å²) in [4.78, 5) is 24.7. The van der Waals surface area contributed by atoms with Crippen molar-refractivity contribution in [1.82, 2.24) is 9.78 Å². The molecular weight excluding hydrogens is 406 g/mol. The fraction of sp³-hybridized carbons (Fsp3) is 0.136. The van der Waals surface area contributed by atoms with Gasteiger partial charge in [-0.25, -0.2) is 9.48 Å². The van der Waals surface area contributed by atoms with E-state index in [0.29, 0.717) is 21.8 Å². The van der Waals surface area contributed by atoms with E-state index in [1.54, 1.807) is 35.0 Å². The van der Waals surface area contributed by atoms with Gasteiger partial charge in [-0.3, -0.25) is 4.79 Å². The van der Waals surface area contributed by atoms with Gasteiger partial charge in [-0.05, 0) is 50.2 Å². The van der Waals surface area contributed by atoms with E-state index >= 15 is 0 Å². The zero-order valence-corrected chi connectivity index (χ0v) is 17.3. The zero-order chi connectivity index (χ0) is 21.4. The first-order valence-electron chi connectivity index (χ1n) is 9.13. The molecule has 0 spiro atoms. The van der Waals surface area contributed by atoms with Crippen molar-refractivity contribution in [2.45, 2.75) is 13.8 Å². The normalized spacial score (nSPS) is 10.9. The topological polar surface area (TPSA) is 86.4 Å². The van der Waals surface area contributed by atoms with E-state index in [1.165, 1.54) is 13.2 Å². The molecule has 2 aromatic heterocycles. The Morgan fingerprint density at radius 2 is 1.87 bits per heavy atom. The fourth-order valence-corrected chi connectivity index (χ4v) is 3.34. The molecule has 0 fully saturated rings. The summed E-state index contributed by atoms with van der Waals surface area (Å²) in [7, 11) is 1.51. The van der Waals surface area contributed by atoms with Gasteiger partial charge in [0.25, 0.3) is 5.91 Å². The van der Waals surface area contributed by atoms with Crippen molar-refractivity contribution in [1.29, 1.82) is 0 Å². The highest BCUT2D eigenvalue weighted by Crippen LogP contribution is 2.25. The van der Waals surface area contributed by atoms with Crippen LogP contribution in [0.15, 0.2) is 57.7 Å². The van der Waals surface area contributed by atoms with Gasteiger partial charge in [0.15, 0.2) is 0 Å². The lowest BCUT2D eigenvalue weighted by Crippen LogP contribution is -2.15. The molecular formula is C22H18ClN3O4. The smallest absolute Gasteiger partial charge is 0.337 e. The van der Waals surface area contributed by atoms with E-state index in [1.807, 2.05) is 26.0 Å². The summed E-state index contributed by atoms with van der Waals surface area (Å²) in [6.45, 7) is 3.73. The molecule has 8 heteroatoms. The van der Waals surface area contributed by atoms with Crippen LogP contribution in [0.3, 0.4) is 0 Å². The Hall–Kier alpha value is -3.58. The second kappa shape index (κ2) is 7.68. The number of amides is 1. The summed E-state index contributed by atoms with van der Waals surface area (Å²) >= 11 is 6.21. The Bertz CT molecular complexity index is 1320. The van der Waals surface area contributed by atoms with Crippen LogP contribution in [0.1, 0.15) is 21.7 Å². The molecule has 2 aromatic carbocycles. The molecule has 0 saturated carbocycles. The summed E-state index contributed by atoms with van der Waals surface area (Å²) in [6.07, 6.45) is 0. The number of rotatable bonds is 4. The van der Waals surface area contributed by atoms with Gasteiger partial charge in [-0.1, -0.05) is 11.6 Å². The van der Waals surface area contributed by atoms with E-state index in [2.05, 4.69) is 10.4 Å². The maximum absolute atomic E-state index is 12.8. The third-order valence-corrected chi connectivity index (χ3v) is 5.32. The Labute approximate surface area is 176 Å². The number of ether oxygens (including phenoxy) is 1. The van der Waals surface area contributed by atoms with Crippen molar-refractivity contribution in [3.05, 3.63) is 80.9 Å². The molecule has 7 nitrogen and oxygen atoms in total. The molecule has 0 aliphatic rings. The molecule has 0 saturated heterocycles. The number of hydrogen-bond donors (Lipinski definition) is 1. The standard InChI is InChI=1S/C22H18ClN3O4/c1-12-21(23)13(2)26(25-12)15-6-4-14(5-7-15)24-22(28)18-11-20(27)30-19-10-16(29-3)8-9-17(18)19/h4-11H,1-3H3,(H,24,28). The Morgan fingerprint density at radius 3 is 2.50 bits per heavy atom. The number of nitrogens with zero attached hydrogens (tertiary/aromatic N) is 2. The number of benzene rings is 2. The Kier molecular flexibility index (Phi) is 5.05. The molecule has 152 valence electrons. The number of aromatic nitrogens is 2. The average molecular weight is 424 g/mol. The summed E-state index contributed by atoms with van der Waals surface area (Å²) in [5.41, 5.74) is 2.87. The lowest BCUT2D eigenvalue weighted by Gasteiger charge is -2.09. The Morgan fingerprint density at radius 1 is 1.13 bits per heavy atom. The number of nitrogens with one attached hydrogen (secondary N) is 1. The molecule has 0 unspecified atom stereocenters. The highest BCUT2D eigenvalue weighted by atomic mass is 35.5. The van der Waals surface area contributed by atoms with E-state index in [0.717, 1.165) is 17.1 Å². The summed E-state index contributed by atoms with van der Waals surface area (Å²) in [5, 5.41) is 8.37. The van der Waals surface area contributed by atoms with Crippen molar-refractivity contribution in [2.75, 3.05) is 12.4 Å². The van der Waals surface area contributed by atoms with Crippen molar-refractivity contribution < 1.29 is 13.9 Å². The largest absolute Gasteiger partial charge is 0.497 e. The van der Waals surface area contributed by atoms with Gasteiger partial charge in [0, 0.05) is 23.2 Å². The van der Waals surface area contributed by atoms with Crippen LogP contribution in [-0.2, 0) is 0 Å². The quantitative estimate of drug-likeness (QED) is 0.488. The van der Waals surface area contributed by atoms with Gasteiger partial charge < -0.3 is 14.5 Å². The number of fused-ring (bicyclic) bond motifs is 1. The van der Waals surface area contributed by atoms with Crippen LogP contribution in [0.2, 0.25) is 5.02 Å². The molecule has 4 rings (SSSR count). The molecule has 1 amide bonds. The number of carbonyl (C=O) groups is 1. The third kappa shape index (κ3) is 3.55. The van der Waals surface area contributed by atoms with E-state index in [-0.39, 0.29) is 11.1 Å². The summed E-state index contributed by atoms with van der Waals surface area (Å²) < 4.78 is 12.1. The average Bonchev–Trinajstić information content (AvgIpc) is 3.00. The van der Waals surface area contributed by atoms with E-state index in [9.17, 15) is 9.59 Å². The zero-order valence-electron chi connectivity index (χ0n) is 16.5. The van der Waals surface area contributed by atoms with Crippen molar-refractivity contribution in [3.63, 3.8) is 0 Å². The maximum Gasteiger partial charge on any atom is 0.337 e. The monoisotopic (exact) mass is 423 g/mol. The SMILES string of the molecule is COc1ccc2c(C(=O)Nc3ccc(-n4nc(C)c(Cl)c4C)cc3)cc(=O)oc2c1. The van der Waals surface area contributed by atoms with E-state index < -0.39 is 11.5 Å². The molecule has 0 aliphatic heterocycles. The minimum absolute atomic E-state index is 0.221. The lowest BCUT2D eigenvalue weighted by molar-refractivity contribution is 0.102. The predicted octanol–water partition coefficient (Wildman–Crippen LogP) is 4.51. The van der Waals surface area contributed by atoms with Crippen LogP contribution in [0, 0.1) is 13.8 Å². The van der Waals surface area contributed by atoms with Crippen LogP contribution in [0.4, 0.5) is 5.69 Å². The minimum atomic E-state index is -0.613. The molecule has 0 aliphatic carbocycles. The maximum atomic E-state index is 12.8. The second-order valence-electron chi connectivity index (χ2n) is 6.74. The Balaban J connectivity index is 1.63. The molecule has 1 N–H and O–H groups in total.